The first-order chi connectivity index (χ1) is 8.91. The van der Waals surface area contributed by atoms with Crippen LogP contribution in [0.2, 0.25) is 0 Å². The van der Waals surface area contributed by atoms with Gasteiger partial charge in [0.1, 0.15) is 6.04 Å². The van der Waals surface area contributed by atoms with Crippen LogP contribution in [0.25, 0.3) is 0 Å². The average molecular weight is 265 g/mol. The van der Waals surface area contributed by atoms with Crippen molar-refractivity contribution < 1.29 is 19.5 Å². The number of para-hydroxylation sites is 1. The smallest absolute Gasteiger partial charge is 0.326 e. The van der Waals surface area contributed by atoms with Gasteiger partial charge in [0, 0.05) is 12.1 Å². The molecule has 6 N–H and O–H groups in total. The normalized spacial score (nSPS) is 11.6. The average Bonchev–Trinajstić information content (AvgIpc) is 2.34. The molecule has 1 aromatic carbocycles. The molecule has 0 saturated carbocycles. The van der Waals surface area contributed by atoms with E-state index in [0.717, 1.165) is 0 Å². The minimum absolute atomic E-state index is 0.0663. The highest BCUT2D eigenvalue weighted by molar-refractivity contribution is 6.00. The van der Waals surface area contributed by atoms with Crippen LogP contribution in [-0.4, -0.2) is 28.9 Å². The number of rotatable bonds is 6. The second-order valence-electron chi connectivity index (χ2n) is 3.96. The van der Waals surface area contributed by atoms with Crippen molar-refractivity contribution in [3.63, 3.8) is 0 Å². The molecule has 0 bridgehead atoms. The summed E-state index contributed by atoms with van der Waals surface area (Å²) in [6.45, 7) is 0. The molecule has 7 nitrogen and oxygen atoms in total. The number of primary amides is 1. The largest absolute Gasteiger partial charge is 0.480 e. The van der Waals surface area contributed by atoms with Gasteiger partial charge in [0.15, 0.2) is 0 Å². The number of benzene rings is 1. The van der Waals surface area contributed by atoms with E-state index in [-0.39, 0.29) is 24.1 Å². The predicted octanol–water partition coefficient (Wildman–Crippen LogP) is -0.283. The number of hydrogen-bond donors (Lipinski definition) is 4. The van der Waals surface area contributed by atoms with E-state index in [9.17, 15) is 14.4 Å². The van der Waals surface area contributed by atoms with Crippen molar-refractivity contribution in [1.29, 1.82) is 0 Å². The number of aliphatic carboxylic acids is 1. The van der Waals surface area contributed by atoms with Crippen LogP contribution < -0.4 is 16.8 Å². The second-order valence-corrected chi connectivity index (χ2v) is 3.96. The molecule has 0 spiro atoms. The first-order valence-corrected chi connectivity index (χ1v) is 5.58. The van der Waals surface area contributed by atoms with Gasteiger partial charge < -0.3 is 21.9 Å². The molecule has 0 saturated heterocycles. The molecule has 19 heavy (non-hydrogen) atoms. The SMILES string of the molecule is NC(=O)CC[C@@H](NC(=O)c1ccccc1N)C(=O)O. The Morgan fingerprint density at radius 3 is 2.42 bits per heavy atom. The summed E-state index contributed by atoms with van der Waals surface area (Å²) < 4.78 is 0. The van der Waals surface area contributed by atoms with Gasteiger partial charge in [0.2, 0.25) is 5.91 Å². The van der Waals surface area contributed by atoms with Crippen molar-refractivity contribution in [3.05, 3.63) is 29.8 Å². The predicted molar refractivity (Wildman–Crippen MR) is 68.2 cm³/mol. The zero-order chi connectivity index (χ0) is 14.4. The lowest BCUT2D eigenvalue weighted by Gasteiger charge is -2.14. The summed E-state index contributed by atoms with van der Waals surface area (Å²) in [6.07, 6.45) is -0.190. The topological polar surface area (TPSA) is 136 Å². The molecule has 102 valence electrons. The Labute approximate surface area is 109 Å². The quantitative estimate of drug-likeness (QED) is 0.524. The van der Waals surface area contributed by atoms with Crippen LogP contribution >= 0.6 is 0 Å². The molecule has 1 atom stereocenters. The highest BCUT2D eigenvalue weighted by Crippen LogP contribution is 2.11. The van der Waals surface area contributed by atoms with Crippen molar-refractivity contribution in [1.82, 2.24) is 5.32 Å². The number of nitrogen functional groups attached to an aromatic ring is 1. The molecule has 0 fully saturated rings. The molecule has 0 heterocycles. The van der Waals surface area contributed by atoms with E-state index in [0.29, 0.717) is 0 Å². The van der Waals surface area contributed by atoms with Crippen LogP contribution in [0.15, 0.2) is 24.3 Å². The molecule has 0 aliphatic carbocycles. The molecule has 0 aliphatic rings. The number of anilines is 1. The molecule has 7 heteroatoms. The number of carboxylic acid groups (broad SMARTS) is 1. The van der Waals surface area contributed by atoms with Gasteiger partial charge in [-0.15, -0.1) is 0 Å². The lowest BCUT2D eigenvalue weighted by Crippen LogP contribution is -2.41. The summed E-state index contributed by atoms with van der Waals surface area (Å²) in [5.74, 6) is -2.46. The Morgan fingerprint density at radius 2 is 1.89 bits per heavy atom. The Balaban J connectivity index is 2.74. The molecule has 0 radical (unpaired) electrons. The zero-order valence-electron chi connectivity index (χ0n) is 10.1. The van der Waals surface area contributed by atoms with Gasteiger partial charge in [0.05, 0.1) is 5.56 Å². The van der Waals surface area contributed by atoms with Crippen molar-refractivity contribution in [3.8, 4) is 0 Å². The first kappa shape index (κ1) is 14.5. The minimum Gasteiger partial charge on any atom is -0.480 e. The molecule has 0 aromatic heterocycles. The number of carboxylic acids is 1. The van der Waals surface area contributed by atoms with Gasteiger partial charge in [0.25, 0.3) is 5.91 Å². The van der Waals surface area contributed by atoms with E-state index in [2.05, 4.69) is 5.32 Å². The first-order valence-electron chi connectivity index (χ1n) is 5.58. The monoisotopic (exact) mass is 265 g/mol. The van der Waals surface area contributed by atoms with E-state index in [1.807, 2.05) is 0 Å². The van der Waals surface area contributed by atoms with E-state index in [1.54, 1.807) is 12.1 Å². The van der Waals surface area contributed by atoms with E-state index >= 15 is 0 Å². The lowest BCUT2D eigenvalue weighted by atomic mass is 10.1. The fraction of sp³-hybridized carbons (Fsp3) is 0.250. The highest BCUT2D eigenvalue weighted by atomic mass is 16.4. The van der Waals surface area contributed by atoms with Crippen molar-refractivity contribution in [2.75, 3.05) is 5.73 Å². The minimum atomic E-state index is -1.23. The van der Waals surface area contributed by atoms with Gasteiger partial charge in [-0.05, 0) is 18.6 Å². The number of nitrogens with one attached hydrogen (secondary N) is 1. The van der Waals surface area contributed by atoms with Crippen molar-refractivity contribution >= 4 is 23.5 Å². The molecular weight excluding hydrogens is 250 g/mol. The Hall–Kier alpha value is -2.57. The maximum atomic E-state index is 11.9. The molecule has 1 rings (SSSR count). The molecule has 0 aliphatic heterocycles. The number of carbonyl (C=O) groups excluding carboxylic acids is 2. The van der Waals surface area contributed by atoms with Crippen LogP contribution in [0, 0.1) is 0 Å². The fourth-order valence-corrected chi connectivity index (χ4v) is 1.48. The van der Waals surface area contributed by atoms with Gasteiger partial charge in [-0.25, -0.2) is 4.79 Å². The number of carbonyl (C=O) groups is 3. The number of nitrogens with two attached hydrogens (primary N) is 2. The molecule has 2 amide bonds. The highest BCUT2D eigenvalue weighted by Gasteiger charge is 2.21. The zero-order valence-corrected chi connectivity index (χ0v) is 10.1. The Morgan fingerprint density at radius 1 is 1.26 bits per heavy atom. The van der Waals surface area contributed by atoms with Crippen LogP contribution in [0.5, 0.6) is 0 Å². The van der Waals surface area contributed by atoms with Crippen LogP contribution in [-0.2, 0) is 9.59 Å². The Bertz CT molecular complexity index is 502. The second kappa shape index (κ2) is 6.39. The summed E-state index contributed by atoms with van der Waals surface area (Å²) in [7, 11) is 0. The van der Waals surface area contributed by atoms with Crippen LogP contribution in [0.4, 0.5) is 5.69 Å². The third kappa shape index (κ3) is 4.30. The van der Waals surface area contributed by atoms with Gasteiger partial charge >= 0.3 is 5.97 Å². The van der Waals surface area contributed by atoms with E-state index in [4.69, 9.17) is 16.6 Å². The molecular formula is C12H15N3O4. The third-order valence-electron chi connectivity index (χ3n) is 2.49. The summed E-state index contributed by atoms with van der Waals surface area (Å²) in [5, 5.41) is 11.3. The van der Waals surface area contributed by atoms with Gasteiger partial charge in [-0.1, -0.05) is 12.1 Å². The summed E-state index contributed by atoms with van der Waals surface area (Å²) in [6, 6.07) is 5.11. The standard InChI is InChI=1S/C12H15N3O4/c13-8-4-2-1-3-7(8)11(17)15-9(12(18)19)5-6-10(14)16/h1-4,9H,5-6,13H2,(H2,14,16)(H,15,17)(H,18,19)/t9-/m1/s1. The maximum Gasteiger partial charge on any atom is 0.326 e. The van der Waals surface area contributed by atoms with Crippen molar-refractivity contribution in [2.45, 2.75) is 18.9 Å². The number of amides is 2. The van der Waals surface area contributed by atoms with Crippen molar-refractivity contribution in [2.24, 2.45) is 5.73 Å². The summed E-state index contributed by atoms with van der Waals surface area (Å²) in [4.78, 5) is 33.5. The fourth-order valence-electron chi connectivity index (χ4n) is 1.48. The molecule has 1 aromatic rings. The van der Waals surface area contributed by atoms with E-state index in [1.165, 1.54) is 12.1 Å². The summed E-state index contributed by atoms with van der Waals surface area (Å²) >= 11 is 0. The van der Waals surface area contributed by atoms with Crippen LogP contribution in [0.3, 0.4) is 0 Å². The third-order valence-corrected chi connectivity index (χ3v) is 2.49. The lowest BCUT2D eigenvalue weighted by molar-refractivity contribution is -0.139. The van der Waals surface area contributed by atoms with Crippen LogP contribution in [0.1, 0.15) is 23.2 Å². The van der Waals surface area contributed by atoms with E-state index < -0.39 is 23.8 Å². The number of hydrogen-bond acceptors (Lipinski definition) is 4. The maximum absolute atomic E-state index is 11.9. The summed E-state index contributed by atoms with van der Waals surface area (Å²) in [5.41, 5.74) is 11.0. The Kier molecular flexibility index (Phi) is 4.87. The van der Waals surface area contributed by atoms with Gasteiger partial charge in [-0.3, -0.25) is 9.59 Å². The molecule has 0 unspecified atom stereocenters. The van der Waals surface area contributed by atoms with Gasteiger partial charge in [-0.2, -0.15) is 0 Å².